The first-order valence-electron chi connectivity index (χ1n) is 43.7. The molecule has 0 radical (unpaired) electrons. The number of alkyl halides is 3. The molecule has 8 aromatic carbocycles. The lowest BCUT2D eigenvalue weighted by Gasteiger charge is -2.32. The average molecular weight is 1830 g/mol. The van der Waals surface area contributed by atoms with Gasteiger partial charge in [0.15, 0.2) is 0 Å². The molecule has 0 atom stereocenters. The van der Waals surface area contributed by atoms with E-state index in [4.69, 9.17) is 53.6 Å². The Hall–Kier alpha value is -13.9. The number of carbonyl (C=O) groups excluding carboxylic acids is 2. The Morgan fingerprint density at radius 3 is 1.25 bits per heavy atom. The highest BCUT2D eigenvalue weighted by atomic mass is 19.4. The van der Waals surface area contributed by atoms with E-state index in [0.717, 1.165) is 131 Å². The summed E-state index contributed by atoms with van der Waals surface area (Å²) in [5.41, 5.74) is 14.4. The number of pyridine rings is 1. The maximum absolute atomic E-state index is 12.5. The van der Waals surface area contributed by atoms with Crippen molar-refractivity contribution in [3.05, 3.63) is 260 Å². The van der Waals surface area contributed by atoms with E-state index in [0.29, 0.717) is 66.0 Å². The second-order valence-electron chi connectivity index (χ2n) is 33.1. The van der Waals surface area contributed by atoms with Crippen LogP contribution in [0.15, 0.2) is 176 Å². The molecular weight excluding hydrogens is 1720 g/mol. The summed E-state index contributed by atoms with van der Waals surface area (Å²) in [5, 5.41) is 84.2. The highest BCUT2D eigenvalue weighted by Gasteiger charge is 2.38. The number of hydrogen-bond donors (Lipinski definition) is 8. The summed E-state index contributed by atoms with van der Waals surface area (Å²) < 4.78 is 68.2. The molecule has 5 aliphatic heterocycles. The fourth-order valence-corrected chi connectivity index (χ4v) is 14.8. The number of aliphatic carboxylic acids is 1. The van der Waals surface area contributed by atoms with Crippen LogP contribution in [0.2, 0.25) is 0 Å². The number of Topliss-reactive ketones (excluding diaryl/α,β-unsaturated/α-hetero) is 1. The molecule has 4 aromatic heterocycles. The molecule has 0 saturated heterocycles. The van der Waals surface area contributed by atoms with Gasteiger partial charge in [-0.2, -0.15) is 13.2 Å². The third kappa shape index (κ3) is 29.8. The summed E-state index contributed by atoms with van der Waals surface area (Å²) in [5.74, 6) is -0.792. The van der Waals surface area contributed by atoms with Crippen molar-refractivity contribution in [2.75, 3.05) is 53.6 Å². The van der Waals surface area contributed by atoms with E-state index < -0.39 is 30.1 Å². The number of phenolic OH excluding ortho intramolecular Hbond substituents is 3. The van der Waals surface area contributed by atoms with Crippen LogP contribution in [0.4, 0.5) is 13.2 Å². The molecule has 5 aliphatic rings. The molecule has 0 saturated carbocycles. The number of aromatic hydroxyl groups is 3. The summed E-state index contributed by atoms with van der Waals surface area (Å²) in [6.45, 7) is 33.1. The molecular formula is C98H116F3N15O17. The highest BCUT2D eigenvalue weighted by Crippen LogP contribution is 2.35. The number of benzene rings is 8. The molecule has 0 amide bonds. The molecule has 35 heteroatoms. The number of esters is 1. The van der Waals surface area contributed by atoms with E-state index in [9.17, 15) is 42.6 Å². The van der Waals surface area contributed by atoms with Crippen LogP contribution in [-0.4, -0.2) is 214 Å². The van der Waals surface area contributed by atoms with Crippen LogP contribution in [-0.2, 0) is 92.2 Å². The van der Waals surface area contributed by atoms with Gasteiger partial charge in [0.1, 0.15) is 51.8 Å². The van der Waals surface area contributed by atoms with E-state index in [2.05, 4.69) is 133 Å². The second-order valence-corrected chi connectivity index (χ2v) is 33.1. The average Bonchev–Trinajstić information content (AvgIpc) is 1.72. The number of nitrogens with zero attached hydrogens (tertiary/aromatic N) is 13. The number of phenols is 3. The zero-order chi connectivity index (χ0) is 96.2. The maximum Gasteiger partial charge on any atom is 0.490 e. The van der Waals surface area contributed by atoms with Crippen LogP contribution in [0.3, 0.4) is 0 Å². The lowest BCUT2D eigenvalue weighted by molar-refractivity contribution is -0.192. The first-order chi connectivity index (χ1) is 63.5. The van der Waals surface area contributed by atoms with Gasteiger partial charge < -0.3 is 69.2 Å². The number of methoxy groups -OCH3 is 2. The number of aromatic amines is 1. The van der Waals surface area contributed by atoms with Crippen molar-refractivity contribution in [2.24, 2.45) is 0 Å². The molecule has 0 bridgehead atoms. The van der Waals surface area contributed by atoms with Gasteiger partial charge in [-0.3, -0.25) is 24.6 Å². The standard InChI is InChI=1S/C25H30N4O4.C23H26N4O4.C15H18N4O3.C12H17NO.C9H11NO.C9H7NO.C3H6O.C2HF3O2/c1-5-32-25(30)23-24(29(27-26-23)15-18-6-9-21(31-4)10-7-18)33-22-11-8-19-12-13-28(17(2)3)16-20(19)14-22;1-15(2)26-11-10-17-6-9-20(12-18(17)14-26)31-22-21(23(28)29)24-25-27(22)13-16-4-7-19(30-3)8-5-16;1-9(2)19-6-5-10-3-4-12(7-11(10)8-19)22-14-13(15(20)21)16-18-17-14;1-9(2)13-6-5-10-3-4-12(14)7-11(10)8-13;2*11-9-2-1-7-3-4-10-6-8(7)5-9;1-3(2)4;3-2(4,5)1(6)7/h6-11,14,17H,5,12-13,15-16H2,1-4H3;4-9,12,15H,10-11,13-14H2,1-3H3,(H,28,29);3-4,7,9H,5-6,8H2,1-2H3,(H,20,21)(H,16,17,18);3-4,7,9,14H,5-6,8H2,1-2H3;1-2,5,10-11H,3-4,6H2;1-6,11H;1-2H3;(H,6,7). The van der Waals surface area contributed by atoms with Crippen LogP contribution < -0.4 is 29.0 Å². The third-order valence-electron chi connectivity index (χ3n) is 22.2. The number of hydrogen-bond acceptors (Lipinski definition) is 26. The van der Waals surface area contributed by atoms with E-state index in [1.807, 2.05) is 127 Å². The van der Waals surface area contributed by atoms with Gasteiger partial charge in [-0.1, -0.05) is 81.4 Å². The maximum atomic E-state index is 12.5. The predicted molar refractivity (Wildman–Crippen MR) is 492 cm³/mol. The number of ketones is 1. The van der Waals surface area contributed by atoms with Crippen molar-refractivity contribution in [1.29, 1.82) is 0 Å². The fourth-order valence-electron chi connectivity index (χ4n) is 14.8. The molecule has 706 valence electrons. The topological polar surface area (TPSA) is 403 Å². The van der Waals surface area contributed by atoms with Crippen molar-refractivity contribution in [2.45, 2.75) is 184 Å². The first kappa shape index (κ1) is 101. The summed E-state index contributed by atoms with van der Waals surface area (Å²) in [4.78, 5) is 67.2. The molecule has 0 aliphatic carbocycles. The van der Waals surface area contributed by atoms with E-state index in [-0.39, 0.29) is 52.9 Å². The minimum atomic E-state index is -5.08. The number of aromatic carboxylic acids is 2. The Morgan fingerprint density at radius 2 is 0.835 bits per heavy atom. The predicted octanol–water partition coefficient (Wildman–Crippen LogP) is 16.1. The summed E-state index contributed by atoms with van der Waals surface area (Å²) in [6.07, 6.45) is 3.58. The number of H-pyrrole nitrogens is 1. The van der Waals surface area contributed by atoms with Crippen LogP contribution in [0, 0.1) is 0 Å². The molecule has 9 heterocycles. The van der Waals surface area contributed by atoms with Gasteiger partial charge in [-0.25, -0.2) is 33.6 Å². The number of ether oxygens (including phenoxy) is 6. The van der Waals surface area contributed by atoms with Crippen LogP contribution in [0.5, 0.6) is 63.6 Å². The Balaban J connectivity index is 0.000000168. The smallest absolute Gasteiger partial charge is 0.490 e. The Kier molecular flexibility index (Phi) is 36.8. The number of aromatic nitrogens is 10. The Morgan fingerprint density at radius 1 is 0.451 bits per heavy atom. The summed E-state index contributed by atoms with van der Waals surface area (Å²) >= 11 is 0. The number of carbonyl (C=O) groups is 5. The lowest BCUT2D eigenvalue weighted by atomic mass is 9.98. The summed E-state index contributed by atoms with van der Waals surface area (Å²) in [6, 6.07) is 53.4. The minimum Gasteiger partial charge on any atom is -0.508 e. The molecule has 133 heavy (non-hydrogen) atoms. The summed E-state index contributed by atoms with van der Waals surface area (Å²) in [7, 11) is 3.24. The van der Waals surface area contributed by atoms with Gasteiger partial charge in [-0.15, -0.1) is 10.2 Å². The number of halogens is 3. The normalized spacial score (nSPS) is 13.8. The van der Waals surface area contributed by atoms with E-state index in [1.54, 1.807) is 62.5 Å². The molecule has 17 rings (SSSR count). The molecule has 0 unspecified atom stereocenters. The van der Waals surface area contributed by atoms with Crippen molar-refractivity contribution in [3.8, 4) is 63.6 Å². The quantitative estimate of drug-likeness (QED) is 0.0329. The van der Waals surface area contributed by atoms with Gasteiger partial charge in [0.2, 0.25) is 17.1 Å². The number of rotatable bonds is 20. The Labute approximate surface area is 769 Å². The van der Waals surface area contributed by atoms with Gasteiger partial charge in [0.05, 0.1) is 33.9 Å². The second kappa shape index (κ2) is 48.3. The van der Waals surface area contributed by atoms with Gasteiger partial charge in [0, 0.05) is 101 Å². The largest absolute Gasteiger partial charge is 0.508 e. The zero-order valence-electron chi connectivity index (χ0n) is 76.9. The van der Waals surface area contributed by atoms with Gasteiger partial charge >= 0.3 is 30.1 Å². The third-order valence-corrected chi connectivity index (χ3v) is 22.2. The zero-order valence-corrected chi connectivity index (χ0v) is 76.9. The number of nitrogens with one attached hydrogen (secondary N) is 2. The van der Waals surface area contributed by atoms with Gasteiger partial charge in [0.25, 0.3) is 17.6 Å². The van der Waals surface area contributed by atoms with Crippen LogP contribution in [0.1, 0.15) is 174 Å². The number of carboxylic acids is 3. The molecule has 0 fully saturated rings. The molecule has 32 nitrogen and oxygen atoms in total. The van der Waals surface area contributed by atoms with E-state index >= 15 is 0 Å². The van der Waals surface area contributed by atoms with Crippen molar-refractivity contribution in [1.82, 2.24) is 75.3 Å². The van der Waals surface area contributed by atoms with Gasteiger partial charge in [-0.05, 0) is 290 Å². The highest BCUT2D eigenvalue weighted by molar-refractivity contribution is 5.90. The minimum absolute atomic E-state index is 0.0241. The van der Waals surface area contributed by atoms with Crippen molar-refractivity contribution < 1.29 is 96.2 Å². The van der Waals surface area contributed by atoms with Crippen LogP contribution >= 0.6 is 0 Å². The lowest BCUT2D eigenvalue weighted by Crippen LogP contribution is -2.35. The SMILES string of the molecule is CC(C)=O.CC(C)N1CCc2ccc(O)cc2C1.CC(C)N1CCc2ccc(Oc3nn[nH]c3C(=O)O)cc2C1.CCOC(=O)c1nnn(Cc2ccc(OC)cc2)c1Oc1ccc2c(c1)CN(C(C)C)CC2.COc1ccc(Cn2nnc(C(=O)O)c2Oc2ccc3c(c2)CN(C(C)C)CC3)cc1.O=C(O)C(F)(F)F.Oc1ccc2c(c1)CNCC2.Oc1ccc2ccncc2c1. The molecule has 0 spiro atoms. The fraction of sp³-hybridized carbons (Fsp3) is 0.367. The Bertz CT molecular complexity index is 5880. The van der Waals surface area contributed by atoms with Crippen molar-refractivity contribution in [3.63, 3.8) is 0 Å². The molecule has 8 N–H and O–H groups in total. The number of carboxylic acid groups (broad SMARTS) is 3. The first-order valence-corrected chi connectivity index (χ1v) is 43.7. The number of fused-ring (bicyclic) bond motifs is 6. The van der Waals surface area contributed by atoms with E-state index in [1.165, 1.54) is 74.2 Å². The van der Waals surface area contributed by atoms with Crippen LogP contribution in [0.25, 0.3) is 10.8 Å². The molecule has 12 aromatic rings. The monoisotopic (exact) mass is 1830 g/mol. The van der Waals surface area contributed by atoms with Crippen molar-refractivity contribution >= 4 is 40.4 Å².